The largest absolute Gasteiger partial charge is 0.329 e. The van der Waals surface area contributed by atoms with Crippen molar-refractivity contribution in [1.82, 2.24) is 14.7 Å². The second-order valence-corrected chi connectivity index (χ2v) is 6.77. The van der Waals surface area contributed by atoms with Crippen molar-refractivity contribution in [1.29, 1.82) is 0 Å². The van der Waals surface area contributed by atoms with Crippen LogP contribution >= 0.6 is 0 Å². The van der Waals surface area contributed by atoms with E-state index < -0.39 is 0 Å². The first-order chi connectivity index (χ1) is 9.07. The maximum absolute atomic E-state index is 6.21. The molecule has 2 N–H and O–H groups in total. The fraction of sp³-hybridized carbons (Fsp3) is 1.00. The van der Waals surface area contributed by atoms with Crippen molar-refractivity contribution in [2.45, 2.75) is 43.7 Å². The van der Waals surface area contributed by atoms with Gasteiger partial charge >= 0.3 is 0 Å². The molecule has 0 saturated carbocycles. The average molecular weight is 268 g/mol. The number of hydrogen-bond acceptors (Lipinski definition) is 4. The van der Waals surface area contributed by atoms with Crippen LogP contribution in [0.15, 0.2) is 0 Å². The van der Waals surface area contributed by atoms with E-state index in [1.807, 2.05) is 0 Å². The lowest BCUT2D eigenvalue weighted by Gasteiger charge is -2.47. The maximum atomic E-state index is 6.21. The standard InChI is InChI=1S/C15H32N4/c1-17(2)14-5-10-19(11-6-14)15(13-16)7-4-9-18(3)12-8-15/h14H,4-13,16H2,1-3H3. The van der Waals surface area contributed by atoms with Crippen molar-refractivity contribution in [2.75, 3.05) is 53.9 Å². The Morgan fingerprint density at radius 2 is 1.79 bits per heavy atom. The second kappa shape index (κ2) is 6.53. The van der Waals surface area contributed by atoms with Crippen LogP contribution in [-0.4, -0.2) is 80.1 Å². The van der Waals surface area contributed by atoms with Crippen LogP contribution < -0.4 is 5.73 Å². The third-order valence-corrected chi connectivity index (χ3v) is 5.39. The normalized spacial score (nSPS) is 32.7. The zero-order valence-electron chi connectivity index (χ0n) is 13.1. The maximum Gasteiger partial charge on any atom is 0.0344 e. The molecule has 4 nitrogen and oxygen atoms in total. The van der Waals surface area contributed by atoms with E-state index in [4.69, 9.17) is 5.73 Å². The summed E-state index contributed by atoms with van der Waals surface area (Å²) in [6, 6.07) is 0.763. The van der Waals surface area contributed by atoms with E-state index in [2.05, 4.69) is 35.8 Å². The molecule has 2 fully saturated rings. The van der Waals surface area contributed by atoms with Gasteiger partial charge in [0.15, 0.2) is 0 Å². The van der Waals surface area contributed by atoms with Crippen LogP contribution in [0.1, 0.15) is 32.1 Å². The highest BCUT2D eigenvalue weighted by molar-refractivity contribution is 4.96. The van der Waals surface area contributed by atoms with Crippen LogP contribution in [0, 0.1) is 0 Å². The molecule has 2 rings (SSSR count). The number of nitrogens with zero attached hydrogens (tertiary/aromatic N) is 3. The fourth-order valence-corrected chi connectivity index (χ4v) is 3.82. The van der Waals surface area contributed by atoms with E-state index in [1.165, 1.54) is 58.3 Å². The summed E-state index contributed by atoms with van der Waals surface area (Å²) in [6.45, 7) is 5.71. The Kier molecular flexibility index (Phi) is 5.23. The molecule has 0 aromatic rings. The summed E-state index contributed by atoms with van der Waals surface area (Å²) >= 11 is 0. The molecule has 0 radical (unpaired) electrons. The molecule has 0 aromatic carbocycles. The molecule has 2 saturated heterocycles. The van der Waals surface area contributed by atoms with Gasteiger partial charge in [0.05, 0.1) is 0 Å². The van der Waals surface area contributed by atoms with E-state index in [0.29, 0.717) is 0 Å². The van der Waals surface area contributed by atoms with Gasteiger partial charge in [-0.3, -0.25) is 4.90 Å². The smallest absolute Gasteiger partial charge is 0.0344 e. The zero-order chi connectivity index (χ0) is 13.9. The lowest BCUT2D eigenvalue weighted by atomic mass is 9.86. The highest BCUT2D eigenvalue weighted by Crippen LogP contribution is 2.31. The van der Waals surface area contributed by atoms with Gasteiger partial charge in [0, 0.05) is 31.2 Å². The number of piperidine rings is 1. The van der Waals surface area contributed by atoms with Gasteiger partial charge in [-0.1, -0.05) is 0 Å². The number of likely N-dealkylation sites (tertiary alicyclic amines) is 2. The quantitative estimate of drug-likeness (QED) is 0.822. The molecule has 0 spiro atoms. The minimum atomic E-state index is 0.280. The molecule has 0 aromatic heterocycles. The Labute approximate surface area is 118 Å². The van der Waals surface area contributed by atoms with E-state index >= 15 is 0 Å². The summed E-state index contributed by atoms with van der Waals surface area (Å²) in [7, 11) is 6.66. The van der Waals surface area contributed by atoms with Crippen LogP contribution in [0.25, 0.3) is 0 Å². The fourth-order valence-electron chi connectivity index (χ4n) is 3.82. The lowest BCUT2D eigenvalue weighted by molar-refractivity contribution is 0.0351. The molecular formula is C15H32N4. The van der Waals surface area contributed by atoms with Gasteiger partial charge in [0.25, 0.3) is 0 Å². The van der Waals surface area contributed by atoms with Crippen molar-refractivity contribution in [3.8, 4) is 0 Å². The molecule has 4 heteroatoms. The Balaban J connectivity index is 1.98. The van der Waals surface area contributed by atoms with Gasteiger partial charge in [-0.2, -0.15) is 0 Å². The van der Waals surface area contributed by atoms with E-state index in [-0.39, 0.29) is 5.54 Å². The van der Waals surface area contributed by atoms with Gasteiger partial charge in [-0.05, 0) is 66.3 Å². The molecule has 0 amide bonds. The molecule has 1 unspecified atom stereocenters. The SMILES string of the molecule is CN1CCCC(CN)(N2CCC(N(C)C)CC2)CC1. The topological polar surface area (TPSA) is 35.7 Å². The van der Waals surface area contributed by atoms with Crippen molar-refractivity contribution in [2.24, 2.45) is 5.73 Å². The van der Waals surface area contributed by atoms with Crippen LogP contribution in [0.4, 0.5) is 0 Å². The Morgan fingerprint density at radius 1 is 1.11 bits per heavy atom. The molecule has 19 heavy (non-hydrogen) atoms. The number of rotatable bonds is 3. The molecule has 1 atom stereocenters. The summed E-state index contributed by atoms with van der Waals surface area (Å²) in [4.78, 5) is 7.56. The Morgan fingerprint density at radius 3 is 2.37 bits per heavy atom. The second-order valence-electron chi connectivity index (χ2n) is 6.77. The Bertz CT molecular complexity index is 273. The average Bonchev–Trinajstić information content (AvgIpc) is 2.61. The molecular weight excluding hydrogens is 236 g/mol. The third-order valence-electron chi connectivity index (χ3n) is 5.39. The minimum Gasteiger partial charge on any atom is -0.329 e. The van der Waals surface area contributed by atoms with Crippen molar-refractivity contribution in [3.05, 3.63) is 0 Å². The summed E-state index contributed by atoms with van der Waals surface area (Å²) in [5.74, 6) is 0. The molecule has 2 heterocycles. The van der Waals surface area contributed by atoms with Crippen LogP contribution in [0.2, 0.25) is 0 Å². The predicted molar refractivity (Wildman–Crippen MR) is 81.4 cm³/mol. The van der Waals surface area contributed by atoms with Crippen LogP contribution in [0.3, 0.4) is 0 Å². The summed E-state index contributed by atoms with van der Waals surface area (Å²) in [5.41, 5.74) is 6.49. The van der Waals surface area contributed by atoms with Gasteiger partial charge in [-0.25, -0.2) is 0 Å². The highest BCUT2D eigenvalue weighted by atomic mass is 15.2. The third kappa shape index (κ3) is 3.48. The van der Waals surface area contributed by atoms with E-state index in [0.717, 1.165) is 12.6 Å². The van der Waals surface area contributed by atoms with Gasteiger partial charge in [0.2, 0.25) is 0 Å². The van der Waals surface area contributed by atoms with Crippen molar-refractivity contribution < 1.29 is 0 Å². The number of nitrogens with two attached hydrogens (primary N) is 1. The monoisotopic (exact) mass is 268 g/mol. The molecule has 2 aliphatic rings. The van der Waals surface area contributed by atoms with Crippen LogP contribution in [0.5, 0.6) is 0 Å². The predicted octanol–water partition coefficient (Wildman–Crippen LogP) is 0.826. The first-order valence-electron chi connectivity index (χ1n) is 7.87. The van der Waals surface area contributed by atoms with E-state index in [9.17, 15) is 0 Å². The molecule has 0 aliphatic carbocycles. The lowest BCUT2D eigenvalue weighted by Crippen LogP contribution is -2.58. The first-order valence-corrected chi connectivity index (χ1v) is 7.87. The van der Waals surface area contributed by atoms with E-state index in [1.54, 1.807) is 0 Å². The minimum absolute atomic E-state index is 0.280. The summed E-state index contributed by atoms with van der Waals surface area (Å²) < 4.78 is 0. The van der Waals surface area contributed by atoms with Crippen molar-refractivity contribution in [3.63, 3.8) is 0 Å². The zero-order valence-corrected chi connectivity index (χ0v) is 13.1. The molecule has 2 aliphatic heterocycles. The first kappa shape index (κ1) is 15.2. The van der Waals surface area contributed by atoms with Crippen molar-refractivity contribution >= 4 is 0 Å². The van der Waals surface area contributed by atoms with Gasteiger partial charge in [-0.15, -0.1) is 0 Å². The number of hydrogen-bond donors (Lipinski definition) is 1. The summed E-state index contributed by atoms with van der Waals surface area (Å²) in [6.07, 6.45) is 6.41. The highest BCUT2D eigenvalue weighted by Gasteiger charge is 2.38. The van der Waals surface area contributed by atoms with Crippen LogP contribution in [-0.2, 0) is 0 Å². The molecule has 0 bridgehead atoms. The summed E-state index contributed by atoms with van der Waals surface area (Å²) in [5, 5.41) is 0. The molecule has 112 valence electrons. The van der Waals surface area contributed by atoms with Gasteiger partial charge in [0.1, 0.15) is 0 Å². The Hall–Kier alpha value is -0.160. The van der Waals surface area contributed by atoms with Gasteiger partial charge < -0.3 is 15.5 Å².